The van der Waals surface area contributed by atoms with Gasteiger partial charge in [0, 0.05) is 32.6 Å². The van der Waals surface area contributed by atoms with Gasteiger partial charge in [-0.25, -0.2) is 0 Å². The first kappa shape index (κ1) is 14.4. The van der Waals surface area contributed by atoms with Crippen molar-refractivity contribution in [1.29, 1.82) is 0 Å². The summed E-state index contributed by atoms with van der Waals surface area (Å²) in [6.07, 6.45) is 3.81. The van der Waals surface area contributed by atoms with E-state index in [0.29, 0.717) is 32.5 Å². The molecule has 1 amide bonds. The zero-order valence-electron chi connectivity index (χ0n) is 10.6. The molecule has 0 aromatic heterocycles. The summed E-state index contributed by atoms with van der Waals surface area (Å²) in [6.45, 7) is 3.44. The van der Waals surface area contributed by atoms with Crippen LogP contribution in [0.5, 0.6) is 0 Å². The molecule has 100 valence electrons. The minimum Gasteiger partial charge on any atom is -0.388 e. The van der Waals surface area contributed by atoms with Crippen LogP contribution in [0, 0.1) is 0 Å². The van der Waals surface area contributed by atoms with Gasteiger partial charge in [0.05, 0.1) is 11.6 Å². The van der Waals surface area contributed by atoms with Gasteiger partial charge in [-0.05, 0) is 6.42 Å². The molecule has 4 N–H and O–H groups in total. The van der Waals surface area contributed by atoms with Gasteiger partial charge in [-0.15, -0.1) is 0 Å². The van der Waals surface area contributed by atoms with E-state index in [1.165, 1.54) is 0 Å². The molecule has 5 heteroatoms. The number of hydrogen-bond donors (Lipinski definition) is 3. The van der Waals surface area contributed by atoms with Crippen molar-refractivity contribution < 1.29 is 14.6 Å². The third kappa shape index (κ3) is 5.02. The highest BCUT2D eigenvalue weighted by molar-refractivity contribution is 5.81. The molecule has 5 nitrogen and oxygen atoms in total. The van der Waals surface area contributed by atoms with Crippen molar-refractivity contribution in [3.8, 4) is 0 Å². The lowest BCUT2D eigenvalue weighted by Crippen LogP contribution is -2.50. The molecular weight excluding hydrogens is 220 g/mol. The Hall–Kier alpha value is -0.650. The first-order chi connectivity index (χ1) is 8.07. The summed E-state index contributed by atoms with van der Waals surface area (Å²) < 4.78 is 5.17. The fraction of sp³-hybridized carbons (Fsp3) is 0.917. The van der Waals surface area contributed by atoms with E-state index in [2.05, 4.69) is 12.2 Å². The number of ether oxygens (including phenoxy) is 1. The predicted octanol–water partition coefficient (Wildman–Crippen LogP) is 0.162. The van der Waals surface area contributed by atoms with Gasteiger partial charge in [0.15, 0.2) is 0 Å². The highest BCUT2D eigenvalue weighted by atomic mass is 16.5. The number of aliphatic hydroxyl groups is 1. The van der Waals surface area contributed by atoms with Crippen LogP contribution in [0.4, 0.5) is 0 Å². The predicted molar refractivity (Wildman–Crippen MR) is 65.5 cm³/mol. The maximum Gasteiger partial charge on any atom is 0.237 e. The summed E-state index contributed by atoms with van der Waals surface area (Å²) >= 11 is 0. The first-order valence-corrected chi connectivity index (χ1v) is 6.41. The number of carbonyl (C=O) groups excluding carboxylic acids is 1. The lowest BCUT2D eigenvalue weighted by atomic mass is 9.94. The SMILES string of the molecule is CCCC[C@H](N)C(=O)NCC1(O)CCOCC1. The van der Waals surface area contributed by atoms with Crippen LogP contribution in [-0.4, -0.2) is 42.4 Å². The molecule has 17 heavy (non-hydrogen) atoms. The van der Waals surface area contributed by atoms with E-state index in [0.717, 1.165) is 12.8 Å². The fourth-order valence-corrected chi connectivity index (χ4v) is 1.87. The van der Waals surface area contributed by atoms with Crippen molar-refractivity contribution in [2.24, 2.45) is 5.73 Å². The van der Waals surface area contributed by atoms with Crippen LogP contribution in [-0.2, 0) is 9.53 Å². The van der Waals surface area contributed by atoms with Crippen LogP contribution in [0.2, 0.25) is 0 Å². The zero-order valence-corrected chi connectivity index (χ0v) is 10.6. The number of nitrogens with two attached hydrogens (primary N) is 1. The molecule has 0 bridgehead atoms. The minimum absolute atomic E-state index is 0.168. The molecule has 1 fully saturated rings. The number of rotatable bonds is 6. The quantitative estimate of drug-likeness (QED) is 0.621. The van der Waals surface area contributed by atoms with Crippen LogP contribution < -0.4 is 11.1 Å². The van der Waals surface area contributed by atoms with Crippen molar-refractivity contribution in [2.75, 3.05) is 19.8 Å². The standard InChI is InChI=1S/C12H24N2O3/c1-2-3-4-10(13)11(15)14-9-12(16)5-7-17-8-6-12/h10,16H,2-9,13H2,1H3,(H,14,15)/t10-/m0/s1. The Bertz CT molecular complexity index is 240. The van der Waals surface area contributed by atoms with Gasteiger partial charge in [-0.1, -0.05) is 19.8 Å². The molecule has 1 saturated heterocycles. The number of amides is 1. The number of hydrogen-bond acceptors (Lipinski definition) is 4. The van der Waals surface area contributed by atoms with Gasteiger partial charge in [0.25, 0.3) is 0 Å². The van der Waals surface area contributed by atoms with E-state index >= 15 is 0 Å². The third-order valence-electron chi connectivity index (χ3n) is 3.22. The molecule has 1 aliphatic rings. The first-order valence-electron chi connectivity index (χ1n) is 6.41. The van der Waals surface area contributed by atoms with Crippen LogP contribution in [0.25, 0.3) is 0 Å². The number of nitrogens with one attached hydrogen (secondary N) is 1. The molecule has 0 aromatic rings. The molecule has 1 atom stereocenters. The molecular formula is C12H24N2O3. The largest absolute Gasteiger partial charge is 0.388 e. The summed E-state index contributed by atoms with van der Waals surface area (Å²) in [5.74, 6) is -0.168. The molecule has 0 aliphatic carbocycles. The van der Waals surface area contributed by atoms with Gasteiger partial charge in [0.1, 0.15) is 0 Å². The van der Waals surface area contributed by atoms with Gasteiger partial charge >= 0.3 is 0 Å². The van der Waals surface area contributed by atoms with Crippen LogP contribution in [0.3, 0.4) is 0 Å². The smallest absolute Gasteiger partial charge is 0.237 e. The van der Waals surface area contributed by atoms with Crippen molar-refractivity contribution in [3.05, 3.63) is 0 Å². The summed E-state index contributed by atoms with van der Waals surface area (Å²) in [5.41, 5.74) is 4.92. The van der Waals surface area contributed by atoms with E-state index in [1.807, 2.05) is 0 Å². The Morgan fingerprint density at radius 1 is 1.53 bits per heavy atom. The zero-order chi connectivity index (χ0) is 12.7. The van der Waals surface area contributed by atoms with Crippen molar-refractivity contribution in [1.82, 2.24) is 5.32 Å². The lowest BCUT2D eigenvalue weighted by Gasteiger charge is -2.32. The second kappa shape index (κ2) is 6.93. The van der Waals surface area contributed by atoms with Crippen molar-refractivity contribution in [2.45, 2.75) is 50.7 Å². The Morgan fingerprint density at radius 2 is 2.18 bits per heavy atom. The van der Waals surface area contributed by atoms with Crippen LogP contribution in [0.1, 0.15) is 39.0 Å². The van der Waals surface area contributed by atoms with Crippen molar-refractivity contribution in [3.63, 3.8) is 0 Å². The van der Waals surface area contributed by atoms with E-state index < -0.39 is 11.6 Å². The maximum atomic E-state index is 11.7. The summed E-state index contributed by atoms with van der Waals surface area (Å²) in [7, 11) is 0. The minimum atomic E-state index is -0.821. The Morgan fingerprint density at radius 3 is 2.76 bits per heavy atom. The van der Waals surface area contributed by atoms with Crippen molar-refractivity contribution >= 4 is 5.91 Å². The van der Waals surface area contributed by atoms with E-state index in [9.17, 15) is 9.90 Å². The second-order valence-electron chi connectivity index (χ2n) is 4.80. The highest BCUT2D eigenvalue weighted by Crippen LogP contribution is 2.19. The lowest BCUT2D eigenvalue weighted by molar-refractivity contribution is -0.125. The Balaban J connectivity index is 2.26. The maximum absolute atomic E-state index is 11.7. The van der Waals surface area contributed by atoms with Gasteiger partial charge < -0.3 is 20.9 Å². The van der Waals surface area contributed by atoms with Gasteiger partial charge in [-0.2, -0.15) is 0 Å². The molecule has 0 saturated carbocycles. The number of carbonyl (C=O) groups is 1. The summed E-state index contributed by atoms with van der Waals surface area (Å²) in [6, 6.07) is -0.460. The molecule has 1 aliphatic heterocycles. The van der Waals surface area contributed by atoms with Crippen LogP contribution >= 0.6 is 0 Å². The Kier molecular flexibility index (Phi) is 5.88. The molecule has 0 spiro atoms. The molecule has 1 rings (SSSR count). The average Bonchev–Trinajstić information content (AvgIpc) is 2.34. The monoisotopic (exact) mass is 244 g/mol. The molecule has 0 unspecified atom stereocenters. The van der Waals surface area contributed by atoms with Gasteiger partial charge in [-0.3, -0.25) is 4.79 Å². The normalized spacial score (nSPS) is 20.9. The third-order valence-corrected chi connectivity index (χ3v) is 3.22. The second-order valence-corrected chi connectivity index (χ2v) is 4.80. The fourth-order valence-electron chi connectivity index (χ4n) is 1.87. The van der Waals surface area contributed by atoms with E-state index in [-0.39, 0.29) is 12.5 Å². The molecule has 1 heterocycles. The number of unbranched alkanes of at least 4 members (excludes halogenated alkanes) is 1. The molecule has 0 radical (unpaired) electrons. The van der Waals surface area contributed by atoms with Crippen LogP contribution in [0.15, 0.2) is 0 Å². The Labute approximate surface area is 103 Å². The summed E-state index contributed by atoms with van der Waals surface area (Å²) in [5, 5.41) is 12.9. The van der Waals surface area contributed by atoms with E-state index in [1.54, 1.807) is 0 Å². The van der Waals surface area contributed by atoms with E-state index in [4.69, 9.17) is 10.5 Å². The molecule has 0 aromatic carbocycles. The average molecular weight is 244 g/mol. The van der Waals surface area contributed by atoms with Gasteiger partial charge in [0.2, 0.25) is 5.91 Å². The summed E-state index contributed by atoms with van der Waals surface area (Å²) in [4.78, 5) is 11.7. The topological polar surface area (TPSA) is 84.6 Å². The highest BCUT2D eigenvalue weighted by Gasteiger charge is 2.30.